The largest absolute Gasteiger partial charge is 0.466 e. The quantitative estimate of drug-likeness (QED) is 0.464. The summed E-state index contributed by atoms with van der Waals surface area (Å²) in [4.78, 5) is 53.4. The summed E-state index contributed by atoms with van der Waals surface area (Å²) in [5.74, 6) is -5.42. The smallest absolute Gasteiger partial charge is 0.324 e. The molecule has 1 aromatic carbocycles. The van der Waals surface area contributed by atoms with Gasteiger partial charge in [-0.3, -0.25) is 24.1 Å². The third-order valence-electron chi connectivity index (χ3n) is 5.52. The van der Waals surface area contributed by atoms with Gasteiger partial charge in [0.2, 0.25) is 0 Å². The maximum Gasteiger partial charge on any atom is 0.324 e. The molecule has 2 heterocycles. The van der Waals surface area contributed by atoms with Crippen LogP contribution in [-0.2, 0) is 38.1 Å². The fourth-order valence-corrected chi connectivity index (χ4v) is 4.39. The number of cyclic esters (lactones) is 1. The number of morpholine rings is 1. The van der Waals surface area contributed by atoms with E-state index in [2.05, 4.69) is 0 Å². The summed E-state index contributed by atoms with van der Waals surface area (Å²) in [6.07, 6.45) is 0. The number of hydrogen-bond acceptors (Lipinski definition) is 9. The first-order valence-electron chi connectivity index (χ1n) is 10.4. The molecule has 31 heavy (non-hydrogen) atoms. The van der Waals surface area contributed by atoms with Crippen LogP contribution in [0.4, 0.5) is 0 Å². The Labute approximate surface area is 180 Å². The van der Waals surface area contributed by atoms with Crippen molar-refractivity contribution in [3.8, 4) is 0 Å². The van der Waals surface area contributed by atoms with Gasteiger partial charge < -0.3 is 18.9 Å². The van der Waals surface area contributed by atoms with Crippen LogP contribution in [-0.4, -0.2) is 67.3 Å². The van der Waals surface area contributed by atoms with E-state index in [-0.39, 0.29) is 26.4 Å². The summed E-state index contributed by atoms with van der Waals surface area (Å²) in [5, 5.41) is 0. The third-order valence-corrected chi connectivity index (χ3v) is 5.52. The molecule has 0 amide bonds. The van der Waals surface area contributed by atoms with Gasteiger partial charge in [0.25, 0.3) is 0 Å². The van der Waals surface area contributed by atoms with E-state index in [9.17, 15) is 19.2 Å². The summed E-state index contributed by atoms with van der Waals surface area (Å²) in [6, 6.07) is 6.23. The molecule has 2 saturated heterocycles. The van der Waals surface area contributed by atoms with Crippen molar-refractivity contribution in [2.24, 2.45) is 11.8 Å². The van der Waals surface area contributed by atoms with Crippen molar-refractivity contribution < 1.29 is 38.1 Å². The minimum absolute atomic E-state index is 0.0274. The average Bonchev–Trinajstić information content (AvgIpc) is 3.12. The zero-order valence-corrected chi connectivity index (χ0v) is 17.8. The van der Waals surface area contributed by atoms with Crippen molar-refractivity contribution in [2.45, 2.75) is 38.9 Å². The Morgan fingerprint density at radius 3 is 2.03 bits per heavy atom. The number of benzene rings is 1. The number of carbonyl (C=O) groups is 4. The first kappa shape index (κ1) is 22.7. The highest BCUT2D eigenvalue weighted by molar-refractivity contribution is 5.96. The molecule has 2 aliphatic rings. The third kappa shape index (κ3) is 4.27. The lowest BCUT2D eigenvalue weighted by molar-refractivity contribution is -0.171. The molecule has 168 valence electrons. The predicted octanol–water partition coefficient (Wildman–Crippen LogP) is 1.26. The van der Waals surface area contributed by atoms with E-state index in [1.54, 1.807) is 25.7 Å². The van der Waals surface area contributed by atoms with Crippen LogP contribution in [0.2, 0.25) is 0 Å². The van der Waals surface area contributed by atoms with Crippen LogP contribution in [0.3, 0.4) is 0 Å². The van der Waals surface area contributed by atoms with Crippen molar-refractivity contribution in [1.29, 1.82) is 0 Å². The Bertz CT molecular complexity index is 826. The Balaban J connectivity index is 2.15. The molecular weight excluding hydrogens is 406 g/mol. The maximum absolute atomic E-state index is 13.1. The zero-order valence-electron chi connectivity index (χ0n) is 17.8. The molecule has 0 N–H and O–H groups in total. The molecule has 0 spiro atoms. The van der Waals surface area contributed by atoms with Crippen molar-refractivity contribution >= 4 is 23.9 Å². The number of fused-ring (bicyclic) bond motifs is 1. The standard InChI is InChI=1S/C22H27NO8/c1-4-28-19(24)15-16(20(25)29-5-2)18-22(27)31-12-14(13-10-8-7-9-11-13)23(18)17(15)21(26)30-6-3/h7-11,14-18H,4-6,12H2,1-3H3/t14-,15+,16-,17+,18+/m1/s1. The first-order valence-corrected chi connectivity index (χ1v) is 10.4. The van der Waals surface area contributed by atoms with E-state index in [0.29, 0.717) is 0 Å². The summed E-state index contributed by atoms with van der Waals surface area (Å²) in [7, 11) is 0. The summed E-state index contributed by atoms with van der Waals surface area (Å²) in [5.41, 5.74) is 0.779. The van der Waals surface area contributed by atoms with Gasteiger partial charge in [-0.15, -0.1) is 0 Å². The van der Waals surface area contributed by atoms with Crippen LogP contribution in [0.5, 0.6) is 0 Å². The number of esters is 4. The Morgan fingerprint density at radius 2 is 1.45 bits per heavy atom. The molecule has 0 bridgehead atoms. The minimum atomic E-state index is -1.26. The molecule has 1 aromatic rings. The highest BCUT2D eigenvalue weighted by atomic mass is 16.6. The Morgan fingerprint density at radius 1 is 0.903 bits per heavy atom. The molecule has 3 rings (SSSR count). The number of rotatable bonds is 7. The average molecular weight is 433 g/mol. The van der Waals surface area contributed by atoms with Crippen LogP contribution in [0.15, 0.2) is 30.3 Å². The molecule has 0 aliphatic carbocycles. The fourth-order valence-electron chi connectivity index (χ4n) is 4.39. The van der Waals surface area contributed by atoms with E-state index in [0.717, 1.165) is 5.56 Å². The minimum Gasteiger partial charge on any atom is -0.466 e. The molecular formula is C22H27NO8. The van der Waals surface area contributed by atoms with E-state index in [1.807, 2.05) is 30.3 Å². The molecule has 9 nitrogen and oxygen atoms in total. The maximum atomic E-state index is 13.1. The molecule has 0 unspecified atom stereocenters. The molecule has 0 aromatic heterocycles. The highest BCUT2D eigenvalue weighted by Gasteiger charge is 2.65. The number of nitrogens with zero attached hydrogens (tertiary/aromatic N) is 1. The summed E-state index contributed by atoms with van der Waals surface area (Å²) >= 11 is 0. The fraction of sp³-hybridized carbons (Fsp3) is 0.545. The van der Waals surface area contributed by atoms with E-state index in [1.165, 1.54) is 0 Å². The van der Waals surface area contributed by atoms with Gasteiger partial charge in [0.1, 0.15) is 18.7 Å². The van der Waals surface area contributed by atoms with E-state index >= 15 is 0 Å². The van der Waals surface area contributed by atoms with Crippen molar-refractivity contribution in [1.82, 2.24) is 4.90 Å². The summed E-state index contributed by atoms with van der Waals surface area (Å²) < 4.78 is 21.0. The van der Waals surface area contributed by atoms with Gasteiger partial charge in [0.05, 0.1) is 37.7 Å². The molecule has 2 fully saturated rings. The summed E-state index contributed by atoms with van der Waals surface area (Å²) in [6.45, 7) is 5.05. The lowest BCUT2D eigenvalue weighted by atomic mass is 9.86. The van der Waals surface area contributed by atoms with Gasteiger partial charge in [-0.05, 0) is 26.3 Å². The van der Waals surface area contributed by atoms with Crippen LogP contribution in [0.25, 0.3) is 0 Å². The second kappa shape index (κ2) is 9.91. The van der Waals surface area contributed by atoms with Crippen LogP contribution in [0, 0.1) is 11.8 Å². The first-order chi connectivity index (χ1) is 15.0. The van der Waals surface area contributed by atoms with Gasteiger partial charge in [-0.1, -0.05) is 30.3 Å². The van der Waals surface area contributed by atoms with Crippen molar-refractivity contribution in [3.63, 3.8) is 0 Å². The lowest BCUT2D eigenvalue weighted by Crippen LogP contribution is -2.54. The van der Waals surface area contributed by atoms with Crippen molar-refractivity contribution in [3.05, 3.63) is 35.9 Å². The van der Waals surface area contributed by atoms with Crippen molar-refractivity contribution in [2.75, 3.05) is 26.4 Å². The Kier molecular flexibility index (Phi) is 7.27. The van der Waals surface area contributed by atoms with Gasteiger partial charge in [0.15, 0.2) is 0 Å². The molecule has 2 aliphatic heterocycles. The second-order valence-corrected chi connectivity index (χ2v) is 7.20. The van der Waals surface area contributed by atoms with E-state index in [4.69, 9.17) is 18.9 Å². The van der Waals surface area contributed by atoms with Crippen LogP contribution >= 0.6 is 0 Å². The van der Waals surface area contributed by atoms with Gasteiger partial charge >= 0.3 is 23.9 Å². The number of ether oxygens (including phenoxy) is 4. The normalized spacial score (nSPS) is 27.7. The monoisotopic (exact) mass is 433 g/mol. The van der Waals surface area contributed by atoms with Crippen LogP contribution < -0.4 is 0 Å². The molecule has 5 atom stereocenters. The Hall–Kier alpha value is -2.94. The van der Waals surface area contributed by atoms with Crippen LogP contribution in [0.1, 0.15) is 32.4 Å². The zero-order chi connectivity index (χ0) is 22.5. The van der Waals surface area contributed by atoms with Gasteiger partial charge in [0, 0.05) is 0 Å². The number of hydrogen-bond donors (Lipinski definition) is 0. The highest BCUT2D eigenvalue weighted by Crippen LogP contribution is 2.45. The second-order valence-electron chi connectivity index (χ2n) is 7.20. The van der Waals surface area contributed by atoms with Gasteiger partial charge in [-0.25, -0.2) is 0 Å². The molecule has 9 heteroatoms. The number of carbonyl (C=O) groups excluding carboxylic acids is 4. The topological polar surface area (TPSA) is 108 Å². The molecule has 0 radical (unpaired) electrons. The lowest BCUT2D eigenvalue weighted by Gasteiger charge is -2.39. The molecule has 0 saturated carbocycles. The van der Waals surface area contributed by atoms with Gasteiger partial charge in [-0.2, -0.15) is 0 Å². The SMILES string of the molecule is CCOC(=O)[C@@H]1[C@H](C(=O)OCC)[C@@H](C(=O)OCC)N2[C@@H](c3ccccc3)COC(=O)[C@H]12. The predicted molar refractivity (Wildman–Crippen MR) is 106 cm³/mol. The van der Waals surface area contributed by atoms with E-state index < -0.39 is 53.8 Å².